The van der Waals surface area contributed by atoms with Crippen molar-refractivity contribution in [3.05, 3.63) is 34.6 Å². The van der Waals surface area contributed by atoms with E-state index in [-0.39, 0.29) is 24.5 Å². The molecule has 1 saturated heterocycles. The Bertz CT molecular complexity index is 724. The maximum absolute atomic E-state index is 13.5. The van der Waals surface area contributed by atoms with E-state index in [1.807, 2.05) is 0 Å². The molecule has 1 aliphatic heterocycles. The summed E-state index contributed by atoms with van der Waals surface area (Å²) in [6, 6.07) is 0. The van der Waals surface area contributed by atoms with Crippen molar-refractivity contribution in [2.45, 2.75) is 25.7 Å². The van der Waals surface area contributed by atoms with Gasteiger partial charge in [0.1, 0.15) is 11.3 Å². The number of ketones is 1. The minimum absolute atomic E-state index is 0.0657. The standard InChI is InChI=1S/C16H14F5NO4/c17-10-9(11(18)13(20)14(21)12(10)19)16(25)26-6-2-4-8(23)7-3-1-5-22-15(7)24/h7H,1-6H2,(H,22,24)/t7-/m0/s1. The van der Waals surface area contributed by atoms with Gasteiger partial charge in [0.25, 0.3) is 0 Å². The van der Waals surface area contributed by atoms with Gasteiger partial charge in [0, 0.05) is 13.0 Å². The molecule has 2 rings (SSSR count). The molecule has 0 radical (unpaired) electrons. The van der Waals surface area contributed by atoms with Gasteiger partial charge in [-0.1, -0.05) is 0 Å². The molecule has 1 atom stereocenters. The Morgan fingerprint density at radius 2 is 1.58 bits per heavy atom. The van der Waals surface area contributed by atoms with Gasteiger partial charge in [-0.05, 0) is 19.3 Å². The molecule has 0 unspecified atom stereocenters. The molecule has 0 aromatic heterocycles. The van der Waals surface area contributed by atoms with Gasteiger partial charge in [0.2, 0.25) is 11.7 Å². The van der Waals surface area contributed by atoms with Crippen LogP contribution in [0.5, 0.6) is 0 Å². The number of piperidine rings is 1. The van der Waals surface area contributed by atoms with E-state index in [1.165, 1.54) is 0 Å². The van der Waals surface area contributed by atoms with Crippen LogP contribution in [0.4, 0.5) is 22.0 Å². The van der Waals surface area contributed by atoms with Crippen molar-refractivity contribution in [3.63, 3.8) is 0 Å². The van der Waals surface area contributed by atoms with E-state index in [2.05, 4.69) is 10.1 Å². The zero-order valence-electron chi connectivity index (χ0n) is 13.3. The van der Waals surface area contributed by atoms with Gasteiger partial charge in [-0.2, -0.15) is 0 Å². The Balaban J connectivity index is 1.92. The zero-order chi connectivity index (χ0) is 19.4. The maximum Gasteiger partial charge on any atom is 0.344 e. The largest absolute Gasteiger partial charge is 0.462 e. The lowest BCUT2D eigenvalue weighted by molar-refractivity contribution is -0.135. The van der Waals surface area contributed by atoms with E-state index in [9.17, 15) is 36.3 Å². The molecule has 142 valence electrons. The summed E-state index contributed by atoms with van der Waals surface area (Å²) < 4.78 is 70.4. The first-order valence-corrected chi connectivity index (χ1v) is 7.74. The number of rotatable bonds is 6. The Morgan fingerprint density at radius 3 is 2.15 bits per heavy atom. The zero-order valence-corrected chi connectivity index (χ0v) is 13.3. The summed E-state index contributed by atoms with van der Waals surface area (Å²) in [6.07, 6.45) is 0.846. The molecule has 0 aliphatic carbocycles. The fourth-order valence-electron chi connectivity index (χ4n) is 2.52. The topological polar surface area (TPSA) is 72.5 Å². The predicted octanol–water partition coefficient (Wildman–Crippen LogP) is 2.41. The number of nitrogens with one attached hydrogen (secondary N) is 1. The molecule has 1 amide bonds. The van der Waals surface area contributed by atoms with Gasteiger partial charge in [-0.15, -0.1) is 0 Å². The van der Waals surface area contributed by atoms with Crippen molar-refractivity contribution < 1.29 is 41.1 Å². The molecule has 0 saturated carbocycles. The molecule has 0 spiro atoms. The van der Waals surface area contributed by atoms with Crippen LogP contribution in [-0.4, -0.2) is 30.8 Å². The number of Topliss-reactive ketones (excluding diaryl/α,β-unsaturated/α-hetero) is 1. The monoisotopic (exact) mass is 379 g/mol. The van der Waals surface area contributed by atoms with Crippen LogP contribution < -0.4 is 5.32 Å². The van der Waals surface area contributed by atoms with Crippen LogP contribution in [0.2, 0.25) is 0 Å². The Morgan fingerprint density at radius 1 is 1.00 bits per heavy atom. The maximum atomic E-state index is 13.5. The Kier molecular flexibility index (Phi) is 6.27. The number of carbonyl (C=O) groups is 3. The highest BCUT2D eigenvalue weighted by Crippen LogP contribution is 2.23. The van der Waals surface area contributed by atoms with Crippen LogP contribution in [-0.2, 0) is 14.3 Å². The van der Waals surface area contributed by atoms with Crippen molar-refractivity contribution in [1.82, 2.24) is 5.32 Å². The molecule has 26 heavy (non-hydrogen) atoms. The van der Waals surface area contributed by atoms with Crippen LogP contribution in [0, 0.1) is 35.0 Å². The van der Waals surface area contributed by atoms with Crippen molar-refractivity contribution in [2.75, 3.05) is 13.2 Å². The Hall–Kier alpha value is -2.52. The van der Waals surface area contributed by atoms with Crippen LogP contribution >= 0.6 is 0 Å². The number of benzene rings is 1. The second-order valence-corrected chi connectivity index (χ2v) is 5.64. The highest BCUT2D eigenvalue weighted by Gasteiger charge is 2.31. The summed E-state index contributed by atoms with van der Waals surface area (Å²) in [5.74, 6) is -14.8. The van der Waals surface area contributed by atoms with Crippen LogP contribution in [0.25, 0.3) is 0 Å². The third-order valence-electron chi connectivity index (χ3n) is 3.89. The number of ether oxygens (including phenoxy) is 1. The smallest absolute Gasteiger partial charge is 0.344 e. The molecule has 1 fully saturated rings. The van der Waals surface area contributed by atoms with Crippen molar-refractivity contribution in [1.29, 1.82) is 0 Å². The van der Waals surface area contributed by atoms with E-state index in [0.717, 1.165) is 0 Å². The van der Waals surface area contributed by atoms with E-state index in [1.54, 1.807) is 0 Å². The predicted molar refractivity (Wildman–Crippen MR) is 76.5 cm³/mol. The fourth-order valence-corrected chi connectivity index (χ4v) is 2.52. The van der Waals surface area contributed by atoms with E-state index in [4.69, 9.17) is 0 Å². The average Bonchev–Trinajstić information content (AvgIpc) is 2.62. The molecule has 10 heteroatoms. The first kappa shape index (κ1) is 19.8. The highest BCUT2D eigenvalue weighted by atomic mass is 19.2. The van der Waals surface area contributed by atoms with Crippen molar-refractivity contribution >= 4 is 17.7 Å². The molecule has 1 N–H and O–H groups in total. The van der Waals surface area contributed by atoms with Gasteiger partial charge >= 0.3 is 5.97 Å². The molecular weight excluding hydrogens is 365 g/mol. The van der Waals surface area contributed by atoms with Crippen molar-refractivity contribution in [2.24, 2.45) is 5.92 Å². The summed E-state index contributed by atoms with van der Waals surface area (Å²) in [5.41, 5.74) is -1.70. The number of halogens is 5. The third kappa shape index (κ3) is 4.00. The lowest BCUT2D eigenvalue weighted by Gasteiger charge is -2.20. The summed E-state index contributed by atoms with van der Waals surface area (Å²) in [4.78, 5) is 35.0. The van der Waals surface area contributed by atoms with Gasteiger partial charge in [0.05, 0.1) is 12.5 Å². The van der Waals surface area contributed by atoms with Gasteiger partial charge < -0.3 is 10.1 Å². The van der Waals surface area contributed by atoms with Crippen LogP contribution in [0.3, 0.4) is 0 Å². The average molecular weight is 379 g/mol. The van der Waals surface area contributed by atoms with E-state index < -0.39 is 53.1 Å². The highest BCUT2D eigenvalue weighted by molar-refractivity contribution is 6.01. The van der Waals surface area contributed by atoms with E-state index >= 15 is 0 Å². The second kappa shape index (κ2) is 8.24. The molecule has 0 bridgehead atoms. The summed E-state index contributed by atoms with van der Waals surface area (Å²) >= 11 is 0. The summed E-state index contributed by atoms with van der Waals surface area (Å²) in [6.45, 7) is 0.000546. The number of carbonyl (C=O) groups excluding carboxylic acids is 3. The summed E-state index contributed by atoms with van der Waals surface area (Å²) in [7, 11) is 0. The van der Waals surface area contributed by atoms with Gasteiger partial charge in [-0.3, -0.25) is 9.59 Å². The number of esters is 1. The first-order chi connectivity index (χ1) is 12.3. The SMILES string of the molecule is O=C(OCCCC(=O)[C@@H]1CCCNC1=O)c1c(F)c(F)c(F)c(F)c1F. The molecule has 5 nitrogen and oxygen atoms in total. The minimum atomic E-state index is -2.38. The van der Waals surface area contributed by atoms with Gasteiger partial charge in [-0.25, -0.2) is 26.7 Å². The Labute approximate surface area is 144 Å². The second-order valence-electron chi connectivity index (χ2n) is 5.64. The summed E-state index contributed by atoms with van der Waals surface area (Å²) in [5, 5.41) is 2.54. The fraction of sp³-hybridized carbons (Fsp3) is 0.438. The van der Waals surface area contributed by atoms with Gasteiger partial charge in [0.15, 0.2) is 23.3 Å². The molecule has 1 heterocycles. The molecule has 1 aromatic rings. The van der Waals surface area contributed by atoms with E-state index in [0.29, 0.717) is 19.4 Å². The van der Waals surface area contributed by atoms with Crippen LogP contribution in [0.15, 0.2) is 0 Å². The number of hydrogen-bond donors (Lipinski definition) is 1. The number of hydrogen-bond acceptors (Lipinski definition) is 4. The first-order valence-electron chi connectivity index (χ1n) is 7.74. The normalized spacial score (nSPS) is 17.0. The molecule has 1 aliphatic rings. The lowest BCUT2D eigenvalue weighted by Crippen LogP contribution is -2.40. The van der Waals surface area contributed by atoms with Crippen molar-refractivity contribution in [3.8, 4) is 0 Å². The third-order valence-corrected chi connectivity index (χ3v) is 3.89. The lowest BCUT2D eigenvalue weighted by atomic mass is 9.92. The van der Waals surface area contributed by atoms with Crippen LogP contribution in [0.1, 0.15) is 36.0 Å². The quantitative estimate of drug-likeness (QED) is 0.206. The molecule has 1 aromatic carbocycles. The minimum Gasteiger partial charge on any atom is -0.462 e. The number of amides is 1. The molecular formula is C16H14F5NO4.